The molecule has 3 aliphatic heterocycles. The first-order chi connectivity index (χ1) is 27.5. The van der Waals surface area contributed by atoms with Gasteiger partial charge in [-0.1, -0.05) is 63.9 Å². The van der Waals surface area contributed by atoms with Crippen LogP contribution in [-0.2, 0) is 44.5 Å². The number of rotatable bonds is 13. The number of carbonyl (C=O) groups is 5. The molecule has 4 bridgehead atoms. The lowest BCUT2D eigenvalue weighted by Crippen LogP contribution is -2.63. The number of epoxide rings is 1. The smallest absolute Gasteiger partial charge is 0.409 e. The number of aliphatic hydroxyl groups is 1. The predicted molar refractivity (Wildman–Crippen MR) is 227 cm³/mol. The van der Waals surface area contributed by atoms with Crippen LogP contribution in [0.3, 0.4) is 0 Å². The van der Waals surface area contributed by atoms with Crippen molar-refractivity contribution in [3.05, 3.63) is 46.5 Å². The number of likely N-dealkylation sites (N-methyl/N-ethyl adjacent to an activating group) is 1. The molecule has 0 aromatic heterocycles. The molecule has 15 nitrogen and oxygen atoms in total. The highest BCUT2D eigenvalue weighted by molar-refractivity contribution is 8.77. The zero-order valence-corrected chi connectivity index (χ0v) is 37.8. The summed E-state index contributed by atoms with van der Waals surface area (Å²) in [6, 6.07) is 2.52. The number of hydrogen-bond acceptors (Lipinski definition) is 13. The summed E-state index contributed by atoms with van der Waals surface area (Å²) in [7, 11) is 8.93. The molecule has 1 aromatic carbocycles. The van der Waals surface area contributed by atoms with E-state index in [-0.39, 0.29) is 41.4 Å². The van der Waals surface area contributed by atoms with Gasteiger partial charge in [0.2, 0.25) is 11.8 Å². The lowest BCUT2D eigenvalue weighted by Gasteiger charge is -2.42. The summed E-state index contributed by atoms with van der Waals surface area (Å²) in [4.78, 5) is 67.9. The highest BCUT2D eigenvalue weighted by atomic mass is 35.5. The van der Waals surface area contributed by atoms with Crippen LogP contribution in [0.4, 0.5) is 10.5 Å². The van der Waals surface area contributed by atoms with E-state index in [1.165, 1.54) is 59.6 Å². The molecule has 2 fully saturated rings. The normalized spacial score (nSPS) is 29.5. The van der Waals surface area contributed by atoms with E-state index in [0.717, 1.165) is 11.1 Å². The van der Waals surface area contributed by atoms with Crippen molar-refractivity contribution in [3.8, 4) is 5.75 Å². The Morgan fingerprint density at radius 2 is 1.90 bits per heavy atom. The Hall–Kier alpha value is -3.48. The number of amides is 3. The Balaban J connectivity index is 1.62. The lowest BCUT2D eigenvalue weighted by atomic mass is 9.83. The molecule has 1 aromatic rings. The van der Waals surface area contributed by atoms with Crippen LogP contribution < -0.4 is 15.0 Å². The Morgan fingerprint density at radius 3 is 2.54 bits per heavy atom. The number of carboxylic acids is 1. The third-order valence-electron chi connectivity index (χ3n) is 11.1. The minimum Gasteiger partial charge on any atom is -0.495 e. The Kier molecular flexibility index (Phi) is 16.3. The van der Waals surface area contributed by atoms with Crippen molar-refractivity contribution < 1.29 is 57.9 Å². The number of carbonyl (C=O) groups excluding carboxylic acids is 4. The summed E-state index contributed by atoms with van der Waals surface area (Å²) in [5.74, 6) is -2.16. The lowest BCUT2D eigenvalue weighted by molar-refractivity contribution is -0.162. The number of ether oxygens (including phenoxy) is 5. The maximum absolute atomic E-state index is 14.2. The number of benzene rings is 1. The molecule has 59 heavy (non-hydrogen) atoms. The van der Waals surface area contributed by atoms with E-state index in [1.807, 2.05) is 26.8 Å². The van der Waals surface area contributed by atoms with Crippen molar-refractivity contribution >= 4 is 68.7 Å². The van der Waals surface area contributed by atoms with Gasteiger partial charge in [0.15, 0.2) is 5.72 Å². The number of aliphatic carboxylic acids is 1. The molecule has 0 spiro atoms. The monoisotopic (exact) mass is 883 g/mol. The highest BCUT2D eigenvalue weighted by Gasteiger charge is 2.64. The molecule has 0 saturated carbocycles. The average Bonchev–Trinajstić information content (AvgIpc) is 3.87. The van der Waals surface area contributed by atoms with Gasteiger partial charge in [0.1, 0.15) is 40.7 Å². The fraction of sp³-hybridized carbons (Fsp3) is 0.634. The van der Waals surface area contributed by atoms with Gasteiger partial charge in [0.05, 0.1) is 25.3 Å². The van der Waals surface area contributed by atoms with E-state index in [4.69, 9.17) is 40.4 Å². The van der Waals surface area contributed by atoms with Crippen molar-refractivity contribution in [2.75, 3.05) is 39.0 Å². The van der Waals surface area contributed by atoms with Crippen molar-refractivity contribution in [1.82, 2.24) is 10.2 Å². The third-order valence-corrected chi connectivity index (χ3v) is 14.9. The van der Waals surface area contributed by atoms with Gasteiger partial charge in [-0.2, -0.15) is 0 Å². The molecular weight excluding hydrogens is 826 g/mol. The predicted octanol–water partition coefficient (Wildman–Crippen LogP) is 5.93. The van der Waals surface area contributed by atoms with Gasteiger partial charge in [-0.25, -0.2) is 9.59 Å². The molecule has 3 N–H and O–H groups in total. The number of anilines is 1. The summed E-state index contributed by atoms with van der Waals surface area (Å²) in [5, 5.41) is 23.5. The van der Waals surface area contributed by atoms with Gasteiger partial charge < -0.3 is 43.7 Å². The standard InChI is InChI=1S/C41H58ClN3O12S2/c1-23-12-11-13-30(54-10)41(52)22-29(55-38(51)43-41)24(2)36-40(6,57-36)31(21-33(47)45(8)27-19-26(18-23)20-28(53-9)35(27)42)56-37(50)25(3)44(7)32(46)15-17-58-59-39(4,5)16-14-34(48)49/h11-13,19-20,24-25,29-31,36,52H,14-18,21-22H2,1-10H3,(H,43,51)(H,48,49)/b13-11+,23-12+/t24-,25+,29+,30-,31+,36+,40-,41+/m1/s1. The minimum absolute atomic E-state index is 0.0448. The van der Waals surface area contributed by atoms with Crippen LogP contribution in [0, 0.1) is 5.92 Å². The van der Waals surface area contributed by atoms with Crippen LogP contribution >= 0.6 is 33.2 Å². The fourth-order valence-corrected chi connectivity index (χ4v) is 10.0. The molecule has 3 aliphatic rings. The zero-order chi connectivity index (χ0) is 44.0. The number of carboxylic acid groups (broad SMARTS) is 1. The first-order valence-electron chi connectivity index (χ1n) is 19.4. The summed E-state index contributed by atoms with van der Waals surface area (Å²) in [6.45, 7) is 10.8. The zero-order valence-electron chi connectivity index (χ0n) is 35.4. The molecule has 4 rings (SSSR count). The highest BCUT2D eigenvalue weighted by Crippen LogP contribution is 2.49. The quantitative estimate of drug-likeness (QED) is 0.0914. The molecule has 3 amide bonds. The number of hydrogen-bond donors (Lipinski definition) is 3. The van der Waals surface area contributed by atoms with Crippen molar-refractivity contribution in [3.63, 3.8) is 0 Å². The molecule has 328 valence electrons. The number of methoxy groups -OCH3 is 2. The van der Waals surface area contributed by atoms with Crippen molar-refractivity contribution in [1.29, 1.82) is 0 Å². The average molecular weight is 885 g/mol. The van der Waals surface area contributed by atoms with Gasteiger partial charge in [-0.15, -0.1) is 0 Å². The molecule has 8 atom stereocenters. The van der Waals surface area contributed by atoms with Gasteiger partial charge >= 0.3 is 18.0 Å². The Labute approximate surface area is 359 Å². The molecule has 2 saturated heterocycles. The molecule has 18 heteroatoms. The van der Waals surface area contributed by atoms with Crippen LogP contribution in [0.25, 0.3) is 0 Å². The SMILES string of the molecule is COc1cc2cc(c1Cl)N(C)C(=O)C[C@H](OC(=O)[C@H](C)N(C)C(=O)CCSSC(C)(C)CCC(=O)O)[C@@]1(C)O[C@H]1[C@H](C)[C@@H]1C[C@@](O)(NC(=O)O1)[C@H](OC)/C=C/C=C(\C)C2. The van der Waals surface area contributed by atoms with Gasteiger partial charge in [-0.05, 0) is 65.2 Å². The maximum Gasteiger partial charge on any atom is 0.409 e. The maximum atomic E-state index is 14.2. The first-order valence-corrected chi connectivity index (χ1v) is 22.1. The number of fused-ring (bicyclic) bond motifs is 5. The minimum atomic E-state index is -1.85. The molecule has 0 unspecified atom stereocenters. The second-order valence-corrected chi connectivity index (χ2v) is 19.7. The van der Waals surface area contributed by atoms with Crippen LogP contribution in [0.15, 0.2) is 35.9 Å². The second-order valence-electron chi connectivity index (χ2n) is 16.2. The summed E-state index contributed by atoms with van der Waals surface area (Å²) >= 11 is 6.78. The van der Waals surface area contributed by atoms with Gasteiger partial charge in [0.25, 0.3) is 0 Å². The summed E-state index contributed by atoms with van der Waals surface area (Å²) in [5.41, 5.74) is -1.02. The van der Waals surface area contributed by atoms with Gasteiger partial charge in [0, 0.05) is 56.9 Å². The van der Waals surface area contributed by atoms with Crippen LogP contribution in [0.2, 0.25) is 5.02 Å². The molecule has 3 heterocycles. The second kappa shape index (κ2) is 19.9. The van der Waals surface area contributed by atoms with E-state index in [9.17, 15) is 29.1 Å². The van der Waals surface area contributed by atoms with Crippen LogP contribution in [0.5, 0.6) is 5.75 Å². The number of nitrogens with zero attached hydrogens (tertiary/aromatic N) is 2. The molecule has 0 radical (unpaired) electrons. The number of allylic oxidation sites excluding steroid dienone is 3. The van der Waals surface area contributed by atoms with Gasteiger partial charge in [-0.3, -0.25) is 19.7 Å². The molecular formula is C41H58ClN3O12S2. The van der Waals surface area contributed by atoms with E-state index < -0.39 is 71.6 Å². The number of nitrogens with one attached hydrogen (secondary N) is 1. The van der Waals surface area contributed by atoms with Crippen LogP contribution in [0.1, 0.15) is 79.2 Å². The largest absolute Gasteiger partial charge is 0.495 e. The van der Waals surface area contributed by atoms with E-state index in [1.54, 1.807) is 45.2 Å². The fourth-order valence-electron chi connectivity index (χ4n) is 7.17. The molecule has 0 aliphatic carbocycles. The third kappa shape index (κ3) is 12.1. The Bertz CT molecular complexity index is 1810. The first kappa shape index (κ1) is 48.2. The van der Waals surface area contributed by atoms with Crippen molar-refractivity contribution in [2.45, 2.75) is 127 Å². The van der Waals surface area contributed by atoms with E-state index in [2.05, 4.69) is 5.32 Å². The van der Waals surface area contributed by atoms with Crippen molar-refractivity contribution in [2.24, 2.45) is 5.92 Å². The number of alkyl carbamates (subject to hydrolysis) is 1. The summed E-state index contributed by atoms with van der Waals surface area (Å²) in [6.07, 6.45) is 1.35. The summed E-state index contributed by atoms with van der Waals surface area (Å²) < 4.78 is 29.0. The van der Waals surface area contributed by atoms with E-state index in [0.29, 0.717) is 30.0 Å². The number of esters is 1. The van der Waals surface area contributed by atoms with Crippen LogP contribution in [-0.4, -0.2) is 126 Å². The topological polar surface area (TPSA) is 194 Å². The van der Waals surface area contributed by atoms with E-state index >= 15 is 0 Å². The Morgan fingerprint density at radius 1 is 1.20 bits per heavy atom. The number of halogens is 1.